The van der Waals surface area contributed by atoms with Crippen molar-refractivity contribution in [2.45, 2.75) is 85.0 Å². The zero-order valence-corrected chi connectivity index (χ0v) is 13.9. The standard InChI is InChI=1S/C19H34O/c1-15(14-20)13-16-9-11-18(12-10-16)19(2,3)17-7-5-4-6-8-17/h14-18H,4-13H2,1-3H3. The molecule has 0 spiro atoms. The molecule has 2 fully saturated rings. The Morgan fingerprint density at radius 2 is 1.50 bits per heavy atom. The Morgan fingerprint density at radius 3 is 2.05 bits per heavy atom. The fraction of sp³-hybridized carbons (Fsp3) is 0.947. The molecule has 20 heavy (non-hydrogen) atoms. The topological polar surface area (TPSA) is 17.1 Å². The molecule has 1 unspecified atom stereocenters. The van der Waals surface area contributed by atoms with E-state index >= 15 is 0 Å². The van der Waals surface area contributed by atoms with Gasteiger partial charge in [-0.2, -0.15) is 0 Å². The third-order valence-corrected chi connectivity index (χ3v) is 6.49. The number of rotatable bonds is 5. The first-order chi connectivity index (χ1) is 9.54. The summed E-state index contributed by atoms with van der Waals surface area (Å²) in [5, 5.41) is 0. The van der Waals surface area contributed by atoms with Gasteiger partial charge in [-0.3, -0.25) is 0 Å². The lowest BCUT2D eigenvalue weighted by Crippen LogP contribution is -2.36. The van der Waals surface area contributed by atoms with Crippen molar-refractivity contribution in [3.8, 4) is 0 Å². The lowest BCUT2D eigenvalue weighted by Gasteiger charge is -2.46. The molecule has 0 aromatic rings. The predicted molar refractivity (Wildman–Crippen MR) is 85.6 cm³/mol. The fourth-order valence-corrected chi connectivity index (χ4v) is 4.90. The number of hydrogen-bond donors (Lipinski definition) is 0. The summed E-state index contributed by atoms with van der Waals surface area (Å²) in [5.41, 5.74) is 0.543. The molecule has 1 atom stereocenters. The number of hydrogen-bond acceptors (Lipinski definition) is 1. The average molecular weight is 278 g/mol. The second-order valence-corrected chi connectivity index (χ2v) is 8.22. The zero-order valence-electron chi connectivity index (χ0n) is 13.9. The highest BCUT2D eigenvalue weighted by Gasteiger charge is 2.39. The van der Waals surface area contributed by atoms with Crippen molar-refractivity contribution in [1.29, 1.82) is 0 Å². The van der Waals surface area contributed by atoms with E-state index in [2.05, 4.69) is 20.8 Å². The molecule has 2 saturated carbocycles. The molecule has 0 bridgehead atoms. The van der Waals surface area contributed by atoms with Crippen LogP contribution < -0.4 is 0 Å². The number of carbonyl (C=O) groups excluding carboxylic acids is 1. The molecule has 0 radical (unpaired) electrons. The molecule has 0 aromatic carbocycles. The smallest absolute Gasteiger partial charge is 0.122 e. The molecule has 0 saturated heterocycles. The van der Waals surface area contributed by atoms with Crippen LogP contribution in [0, 0.1) is 29.1 Å². The third-order valence-electron chi connectivity index (χ3n) is 6.49. The maximum absolute atomic E-state index is 10.8. The van der Waals surface area contributed by atoms with E-state index in [4.69, 9.17) is 0 Å². The summed E-state index contributed by atoms with van der Waals surface area (Å²) >= 11 is 0. The van der Waals surface area contributed by atoms with Crippen molar-refractivity contribution in [2.75, 3.05) is 0 Å². The molecular formula is C19H34O. The molecule has 2 rings (SSSR count). The minimum Gasteiger partial charge on any atom is -0.303 e. The van der Waals surface area contributed by atoms with Crippen LogP contribution in [0.15, 0.2) is 0 Å². The van der Waals surface area contributed by atoms with Crippen molar-refractivity contribution >= 4 is 6.29 Å². The number of aldehydes is 1. The van der Waals surface area contributed by atoms with Crippen molar-refractivity contribution in [1.82, 2.24) is 0 Å². The highest BCUT2D eigenvalue weighted by atomic mass is 16.1. The van der Waals surface area contributed by atoms with E-state index in [1.54, 1.807) is 0 Å². The monoisotopic (exact) mass is 278 g/mol. The zero-order chi connectivity index (χ0) is 14.6. The van der Waals surface area contributed by atoms with Gasteiger partial charge >= 0.3 is 0 Å². The van der Waals surface area contributed by atoms with Gasteiger partial charge in [0.25, 0.3) is 0 Å². The van der Waals surface area contributed by atoms with Gasteiger partial charge in [0.2, 0.25) is 0 Å². The van der Waals surface area contributed by atoms with Gasteiger partial charge in [-0.05, 0) is 55.3 Å². The van der Waals surface area contributed by atoms with Crippen LogP contribution in [0.5, 0.6) is 0 Å². The summed E-state index contributed by atoms with van der Waals surface area (Å²) in [5.74, 6) is 2.97. The third kappa shape index (κ3) is 3.86. The van der Waals surface area contributed by atoms with E-state index in [9.17, 15) is 4.79 Å². The first-order valence-electron chi connectivity index (χ1n) is 8.99. The second-order valence-electron chi connectivity index (χ2n) is 8.22. The quantitative estimate of drug-likeness (QED) is 0.596. The molecule has 2 aliphatic rings. The van der Waals surface area contributed by atoms with Crippen molar-refractivity contribution < 1.29 is 4.79 Å². The van der Waals surface area contributed by atoms with Gasteiger partial charge in [-0.15, -0.1) is 0 Å². The van der Waals surface area contributed by atoms with Gasteiger partial charge in [-0.25, -0.2) is 0 Å². The molecule has 116 valence electrons. The van der Waals surface area contributed by atoms with E-state index < -0.39 is 0 Å². The Morgan fingerprint density at radius 1 is 0.950 bits per heavy atom. The SMILES string of the molecule is CC(C=O)CC1CCC(C(C)(C)C2CCCCC2)CC1. The van der Waals surface area contributed by atoms with E-state index in [0.29, 0.717) is 5.41 Å². The first kappa shape index (κ1) is 16.0. The van der Waals surface area contributed by atoms with Gasteiger partial charge < -0.3 is 4.79 Å². The largest absolute Gasteiger partial charge is 0.303 e. The van der Waals surface area contributed by atoms with E-state index in [-0.39, 0.29) is 5.92 Å². The molecule has 0 heterocycles. The van der Waals surface area contributed by atoms with Crippen molar-refractivity contribution in [3.63, 3.8) is 0 Å². The maximum atomic E-state index is 10.8. The van der Waals surface area contributed by atoms with E-state index in [1.807, 2.05) is 0 Å². The second kappa shape index (κ2) is 7.09. The summed E-state index contributed by atoms with van der Waals surface area (Å²) in [6.45, 7) is 7.16. The summed E-state index contributed by atoms with van der Waals surface area (Å²) in [6, 6.07) is 0. The lowest BCUT2D eigenvalue weighted by molar-refractivity contribution is -0.111. The predicted octanol–water partition coefficient (Wildman–Crippen LogP) is 5.62. The minimum atomic E-state index is 0.267. The van der Waals surface area contributed by atoms with Crippen LogP contribution >= 0.6 is 0 Å². The number of carbonyl (C=O) groups is 1. The Labute approximate surface area is 125 Å². The molecule has 1 heteroatoms. The van der Waals surface area contributed by atoms with Crippen molar-refractivity contribution in [2.24, 2.45) is 29.1 Å². The van der Waals surface area contributed by atoms with Crippen LogP contribution in [-0.4, -0.2) is 6.29 Å². The van der Waals surface area contributed by atoms with Gasteiger partial charge in [0, 0.05) is 5.92 Å². The highest BCUT2D eigenvalue weighted by Crippen LogP contribution is 2.49. The summed E-state index contributed by atoms with van der Waals surface area (Å²) in [4.78, 5) is 10.8. The Kier molecular flexibility index (Phi) is 5.69. The van der Waals surface area contributed by atoms with Gasteiger partial charge in [-0.1, -0.05) is 52.9 Å². The van der Waals surface area contributed by atoms with Crippen LogP contribution in [0.3, 0.4) is 0 Å². The van der Waals surface area contributed by atoms with Crippen LogP contribution in [0.1, 0.15) is 85.0 Å². The summed E-state index contributed by atoms with van der Waals surface area (Å²) in [6.07, 6.45) is 15.1. The van der Waals surface area contributed by atoms with Crippen LogP contribution in [0.2, 0.25) is 0 Å². The highest BCUT2D eigenvalue weighted by molar-refractivity contribution is 5.52. The Bertz CT molecular complexity index is 293. The minimum absolute atomic E-state index is 0.267. The van der Waals surface area contributed by atoms with Crippen LogP contribution in [0.25, 0.3) is 0 Å². The maximum Gasteiger partial charge on any atom is 0.122 e. The summed E-state index contributed by atoms with van der Waals surface area (Å²) in [7, 11) is 0. The molecule has 0 aromatic heterocycles. The normalized spacial score (nSPS) is 30.9. The van der Waals surface area contributed by atoms with Crippen LogP contribution in [0.4, 0.5) is 0 Å². The molecule has 1 nitrogen and oxygen atoms in total. The van der Waals surface area contributed by atoms with Crippen LogP contribution in [-0.2, 0) is 4.79 Å². The Hall–Kier alpha value is -0.330. The molecular weight excluding hydrogens is 244 g/mol. The van der Waals surface area contributed by atoms with Gasteiger partial charge in [0.15, 0.2) is 0 Å². The van der Waals surface area contributed by atoms with Gasteiger partial charge in [0.1, 0.15) is 6.29 Å². The molecule has 2 aliphatic carbocycles. The Balaban J connectivity index is 1.84. The molecule has 0 aliphatic heterocycles. The first-order valence-corrected chi connectivity index (χ1v) is 8.99. The van der Waals surface area contributed by atoms with Crippen molar-refractivity contribution in [3.05, 3.63) is 0 Å². The lowest BCUT2D eigenvalue weighted by atomic mass is 9.60. The molecule has 0 amide bonds. The average Bonchev–Trinajstić information content (AvgIpc) is 2.48. The van der Waals surface area contributed by atoms with E-state index in [1.165, 1.54) is 57.8 Å². The summed E-state index contributed by atoms with van der Waals surface area (Å²) < 4.78 is 0. The van der Waals surface area contributed by atoms with E-state index in [0.717, 1.165) is 30.5 Å². The van der Waals surface area contributed by atoms with Gasteiger partial charge in [0.05, 0.1) is 0 Å². The molecule has 0 N–H and O–H groups in total. The fourth-order valence-electron chi connectivity index (χ4n) is 4.90.